The SMILES string of the molecule is OC1c2c(I)ccc(Oc3cc(F)cc(Cl)c3)c2C1F. The van der Waals surface area contributed by atoms with Gasteiger partial charge in [-0.1, -0.05) is 11.6 Å². The topological polar surface area (TPSA) is 29.5 Å². The summed E-state index contributed by atoms with van der Waals surface area (Å²) < 4.78 is 33.3. The molecule has 0 radical (unpaired) electrons. The fourth-order valence-corrected chi connectivity index (χ4v) is 3.19. The predicted molar refractivity (Wildman–Crippen MR) is 79.5 cm³/mol. The second kappa shape index (κ2) is 5.13. The zero-order chi connectivity index (χ0) is 14.4. The lowest BCUT2D eigenvalue weighted by atomic mass is 9.83. The zero-order valence-electron chi connectivity index (χ0n) is 9.91. The molecule has 0 saturated carbocycles. The van der Waals surface area contributed by atoms with Crippen LogP contribution in [0.4, 0.5) is 8.78 Å². The van der Waals surface area contributed by atoms with Crippen molar-refractivity contribution in [3.05, 3.63) is 55.9 Å². The molecule has 0 aromatic heterocycles. The largest absolute Gasteiger partial charge is 0.457 e. The summed E-state index contributed by atoms with van der Waals surface area (Å²) in [5.41, 5.74) is 0.836. The number of hydrogen-bond donors (Lipinski definition) is 1. The molecule has 0 heterocycles. The Morgan fingerprint density at radius 2 is 1.95 bits per heavy atom. The second-order valence-electron chi connectivity index (χ2n) is 4.43. The van der Waals surface area contributed by atoms with Crippen LogP contribution >= 0.6 is 34.2 Å². The van der Waals surface area contributed by atoms with Crippen LogP contribution in [0.15, 0.2) is 30.3 Å². The van der Waals surface area contributed by atoms with Gasteiger partial charge in [0.05, 0.1) is 0 Å². The van der Waals surface area contributed by atoms with Gasteiger partial charge in [0, 0.05) is 25.8 Å². The lowest BCUT2D eigenvalue weighted by molar-refractivity contribution is 0.0425. The van der Waals surface area contributed by atoms with E-state index in [0.29, 0.717) is 11.1 Å². The number of rotatable bonds is 2. The monoisotopic (exact) mass is 408 g/mol. The molecule has 2 unspecified atom stereocenters. The third-order valence-corrected chi connectivity index (χ3v) is 4.27. The Labute approximate surface area is 132 Å². The molecule has 104 valence electrons. The Balaban J connectivity index is 2.00. The number of fused-ring (bicyclic) bond motifs is 1. The van der Waals surface area contributed by atoms with Crippen molar-refractivity contribution in [2.45, 2.75) is 12.3 Å². The van der Waals surface area contributed by atoms with Crippen molar-refractivity contribution >= 4 is 34.2 Å². The van der Waals surface area contributed by atoms with E-state index in [0.717, 1.165) is 9.64 Å². The summed E-state index contributed by atoms with van der Waals surface area (Å²) in [5.74, 6) is -0.0828. The van der Waals surface area contributed by atoms with Crippen molar-refractivity contribution < 1.29 is 18.6 Å². The van der Waals surface area contributed by atoms with Crippen LogP contribution in [0.1, 0.15) is 23.4 Å². The number of halogens is 4. The molecule has 1 aliphatic rings. The van der Waals surface area contributed by atoms with E-state index in [1.807, 2.05) is 22.6 Å². The van der Waals surface area contributed by atoms with Crippen LogP contribution in [-0.4, -0.2) is 5.11 Å². The van der Waals surface area contributed by atoms with Gasteiger partial charge in [-0.25, -0.2) is 8.78 Å². The molecular weight excluding hydrogens is 401 g/mol. The number of aliphatic hydroxyl groups excluding tert-OH is 1. The third kappa shape index (κ3) is 2.27. The van der Waals surface area contributed by atoms with Gasteiger partial charge in [0.1, 0.15) is 23.4 Å². The van der Waals surface area contributed by atoms with E-state index < -0.39 is 18.1 Å². The zero-order valence-corrected chi connectivity index (χ0v) is 12.8. The minimum absolute atomic E-state index is 0.187. The lowest BCUT2D eigenvalue weighted by Crippen LogP contribution is -2.23. The van der Waals surface area contributed by atoms with Crippen LogP contribution in [0.5, 0.6) is 11.5 Å². The second-order valence-corrected chi connectivity index (χ2v) is 6.03. The summed E-state index contributed by atoms with van der Waals surface area (Å²) in [6.45, 7) is 0. The molecule has 2 aromatic rings. The first-order valence-electron chi connectivity index (χ1n) is 5.76. The maximum atomic E-state index is 13.8. The van der Waals surface area contributed by atoms with Crippen LogP contribution in [0, 0.1) is 9.39 Å². The highest BCUT2D eigenvalue weighted by atomic mass is 127. The van der Waals surface area contributed by atoms with Crippen molar-refractivity contribution in [3.8, 4) is 11.5 Å². The molecule has 0 spiro atoms. The predicted octanol–water partition coefficient (Wildman–Crippen LogP) is 4.93. The molecule has 1 N–H and O–H groups in total. The average molecular weight is 409 g/mol. The smallest absolute Gasteiger partial charge is 0.159 e. The standard InChI is InChI=1S/C14H8ClF2IO2/c15-6-3-7(16)5-8(4-6)20-10-2-1-9(18)11-12(10)13(17)14(11)19/h1-5,13-14,19H. The molecule has 0 fully saturated rings. The summed E-state index contributed by atoms with van der Waals surface area (Å²) in [7, 11) is 0. The number of hydrogen-bond acceptors (Lipinski definition) is 2. The Kier molecular flexibility index (Phi) is 3.60. The molecule has 0 saturated heterocycles. The van der Waals surface area contributed by atoms with Crippen molar-refractivity contribution in [2.24, 2.45) is 0 Å². The molecule has 20 heavy (non-hydrogen) atoms. The van der Waals surface area contributed by atoms with E-state index in [1.165, 1.54) is 12.1 Å². The van der Waals surface area contributed by atoms with Crippen LogP contribution in [0.3, 0.4) is 0 Å². The summed E-state index contributed by atoms with van der Waals surface area (Å²) in [6.07, 6.45) is -2.62. The van der Waals surface area contributed by atoms with Gasteiger partial charge < -0.3 is 9.84 Å². The van der Waals surface area contributed by atoms with Gasteiger partial charge in [-0.3, -0.25) is 0 Å². The van der Waals surface area contributed by atoms with Crippen LogP contribution in [0.2, 0.25) is 5.02 Å². The third-order valence-electron chi connectivity index (χ3n) is 3.11. The molecule has 6 heteroatoms. The van der Waals surface area contributed by atoms with Crippen molar-refractivity contribution in [1.29, 1.82) is 0 Å². The van der Waals surface area contributed by atoms with E-state index in [-0.39, 0.29) is 16.5 Å². The highest BCUT2D eigenvalue weighted by Crippen LogP contribution is 2.52. The average Bonchev–Trinajstić information content (AvgIpc) is 2.38. The molecule has 2 aromatic carbocycles. The minimum Gasteiger partial charge on any atom is -0.457 e. The molecule has 2 atom stereocenters. The fraction of sp³-hybridized carbons (Fsp3) is 0.143. The number of alkyl halides is 1. The van der Waals surface area contributed by atoms with Crippen molar-refractivity contribution in [1.82, 2.24) is 0 Å². The summed E-state index contributed by atoms with van der Waals surface area (Å²) in [4.78, 5) is 0. The van der Waals surface area contributed by atoms with Crippen molar-refractivity contribution in [2.75, 3.05) is 0 Å². The van der Waals surface area contributed by atoms with Gasteiger partial charge >= 0.3 is 0 Å². The minimum atomic E-state index is -1.49. The first-order valence-corrected chi connectivity index (χ1v) is 7.21. The Morgan fingerprint density at radius 1 is 1.20 bits per heavy atom. The van der Waals surface area contributed by atoms with E-state index in [9.17, 15) is 13.9 Å². The Bertz CT molecular complexity index is 673. The van der Waals surface area contributed by atoms with E-state index in [4.69, 9.17) is 16.3 Å². The van der Waals surface area contributed by atoms with Gasteiger partial charge in [0.2, 0.25) is 0 Å². The van der Waals surface area contributed by atoms with Gasteiger partial charge in [-0.15, -0.1) is 0 Å². The number of aliphatic hydroxyl groups is 1. The first-order chi connectivity index (χ1) is 9.47. The van der Waals surface area contributed by atoms with Gasteiger partial charge in [0.15, 0.2) is 6.17 Å². The van der Waals surface area contributed by atoms with Crippen LogP contribution in [0.25, 0.3) is 0 Å². The molecule has 2 nitrogen and oxygen atoms in total. The van der Waals surface area contributed by atoms with Gasteiger partial charge in [-0.05, 0) is 46.9 Å². The maximum Gasteiger partial charge on any atom is 0.159 e. The first kappa shape index (κ1) is 14.0. The van der Waals surface area contributed by atoms with E-state index in [1.54, 1.807) is 12.1 Å². The Morgan fingerprint density at radius 3 is 2.65 bits per heavy atom. The quantitative estimate of drug-likeness (QED) is 0.714. The van der Waals surface area contributed by atoms with E-state index in [2.05, 4.69) is 0 Å². The fourth-order valence-electron chi connectivity index (χ4n) is 2.19. The number of ether oxygens (including phenoxy) is 1. The molecule has 0 aliphatic heterocycles. The van der Waals surface area contributed by atoms with Gasteiger partial charge in [-0.2, -0.15) is 0 Å². The lowest BCUT2D eigenvalue weighted by Gasteiger charge is -2.32. The summed E-state index contributed by atoms with van der Waals surface area (Å²) in [5, 5.41) is 9.81. The van der Waals surface area contributed by atoms with E-state index >= 15 is 0 Å². The molecule has 3 rings (SSSR count). The highest BCUT2D eigenvalue weighted by Gasteiger charge is 2.41. The molecule has 0 bridgehead atoms. The van der Waals surface area contributed by atoms with Gasteiger partial charge in [0.25, 0.3) is 0 Å². The maximum absolute atomic E-state index is 13.8. The molecule has 1 aliphatic carbocycles. The van der Waals surface area contributed by atoms with Crippen molar-refractivity contribution in [3.63, 3.8) is 0 Å². The molecule has 0 amide bonds. The number of benzene rings is 2. The molecular formula is C14H8ClF2IO2. The normalized spacial score (nSPS) is 20.2. The Hall–Kier alpha value is -0.920. The van der Waals surface area contributed by atoms with Crippen LogP contribution < -0.4 is 4.74 Å². The highest BCUT2D eigenvalue weighted by molar-refractivity contribution is 14.1. The summed E-state index contributed by atoms with van der Waals surface area (Å²) in [6, 6.07) is 7.07. The van der Waals surface area contributed by atoms with Crippen LogP contribution in [-0.2, 0) is 0 Å². The summed E-state index contributed by atoms with van der Waals surface area (Å²) >= 11 is 7.76.